The molecule has 3 aromatic rings. The Morgan fingerprint density at radius 3 is 2.48 bits per heavy atom. The fourth-order valence-electron chi connectivity index (χ4n) is 3.02. The van der Waals surface area contributed by atoms with Gasteiger partial charge in [-0.05, 0) is 24.3 Å². The van der Waals surface area contributed by atoms with Crippen molar-refractivity contribution in [2.75, 3.05) is 50.0 Å². The number of para-hydroxylation sites is 1. The highest BCUT2D eigenvalue weighted by Crippen LogP contribution is 2.17. The quantitative estimate of drug-likeness (QED) is 0.574. The Hall–Kier alpha value is -3.56. The van der Waals surface area contributed by atoms with Crippen molar-refractivity contribution in [1.82, 2.24) is 19.9 Å². The van der Waals surface area contributed by atoms with Crippen molar-refractivity contribution < 1.29 is 14.3 Å². The van der Waals surface area contributed by atoms with Gasteiger partial charge in [-0.2, -0.15) is 0 Å². The summed E-state index contributed by atoms with van der Waals surface area (Å²) in [5.74, 6) is 1.07. The predicted molar refractivity (Wildman–Crippen MR) is 116 cm³/mol. The zero-order valence-electron chi connectivity index (χ0n) is 17.0. The molecule has 3 heterocycles. The Labute approximate surface area is 180 Å². The summed E-state index contributed by atoms with van der Waals surface area (Å²) >= 11 is 0. The van der Waals surface area contributed by atoms with Gasteiger partial charge in [0.15, 0.2) is 0 Å². The smallest absolute Gasteiger partial charge is 0.321 e. The lowest BCUT2D eigenvalue weighted by Gasteiger charge is -2.26. The first-order valence-corrected chi connectivity index (χ1v) is 10.1. The van der Waals surface area contributed by atoms with E-state index in [-0.39, 0.29) is 11.9 Å². The van der Waals surface area contributed by atoms with Gasteiger partial charge in [0.25, 0.3) is 5.91 Å². The van der Waals surface area contributed by atoms with Crippen LogP contribution < -0.4 is 15.4 Å². The number of morpholine rings is 1. The van der Waals surface area contributed by atoms with Crippen LogP contribution in [0.3, 0.4) is 0 Å². The van der Waals surface area contributed by atoms with E-state index in [1.54, 1.807) is 24.4 Å². The number of aromatic nitrogens is 3. The topological polar surface area (TPSA) is 102 Å². The maximum Gasteiger partial charge on any atom is 0.321 e. The van der Waals surface area contributed by atoms with E-state index < -0.39 is 0 Å². The van der Waals surface area contributed by atoms with E-state index >= 15 is 0 Å². The second kappa shape index (κ2) is 10.5. The van der Waals surface area contributed by atoms with E-state index in [1.807, 2.05) is 24.3 Å². The monoisotopic (exact) mass is 420 g/mol. The average Bonchev–Trinajstić information content (AvgIpc) is 2.82. The second-order valence-electron chi connectivity index (χ2n) is 6.94. The van der Waals surface area contributed by atoms with Gasteiger partial charge in [-0.3, -0.25) is 9.69 Å². The number of hydrogen-bond donors (Lipinski definition) is 2. The highest BCUT2D eigenvalue weighted by molar-refractivity contribution is 6.03. The van der Waals surface area contributed by atoms with Crippen LogP contribution in [-0.2, 0) is 4.74 Å². The molecular formula is C22H24N6O3. The van der Waals surface area contributed by atoms with Crippen LogP contribution in [0.1, 0.15) is 10.4 Å². The van der Waals surface area contributed by atoms with Gasteiger partial charge < -0.3 is 20.1 Å². The summed E-state index contributed by atoms with van der Waals surface area (Å²) in [6.07, 6.45) is 4.47. The minimum atomic E-state index is -0.318. The van der Waals surface area contributed by atoms with Crippen LogP contribution in [0.2, 0.25) is 0 Å². The SMILES string of the molecule is O=C(Nc1ccc(NCCN2CCOCC2)nc1)c1cnc(Oc2ccccc2)nc1. The molecule has 31 heavy (non-hydrogen) atoms. The molecule has 4 rings (SSSR count). The highest BCUT2D eigenvalue weighted by atomic mass is 16.5. The fraction of sp³-hybridized carbons (Fsp3) is 0.273. The first-order chi connectivity index (χ1) is 15.3. The number of amides is 1. The summed E-state index contributed by atoms with van der Waals surface area (Å²) in [7, 11) is 0. The number of ether oxygens (including phenoxy) is 2. The number of benzene rings is 1. The molecule has 0 atom stereocenters. The molecule has 1 aliphatic heterocycles. The van der Waals surface area contributed by atoms with Crippen molar-refractivity contribution in [3.05, 3.63) is 66.6 Å². The third-order valence-corrected chi connectivity index (χ3v) is 4.70. The standard InChI is InChI=1S/C22H24N6O3/c29-21(17-14-25-22(26-15-17)31-19-4-2-1-3-5-19)27-18-6-7-20(24-16-18)23-8-9-28-10-12-30-13-11-28/h1-7,14-16H,8-13H2,(H,23,24)(H,27,29). The maximum absolute atomic E-state index is 12.4. The Morgan fingerprint density at radius 1 is 1.00 bits per heavy atom. The molecule has 1 amide bonds. The second-order valence-corrected chi connectivity index (χ2v) is 6.94. The van der Waals surface area contributed by atoms with Gasteiger partial charge in [0.2, 0.25) is 0 Å². The Morgan fingerprint density at radius 2 is 1.77 bits per heavy atom. The molecule has 0 bridgehead atoms. The Balaban J connectivity index is 1.25. The van der Waals surface area contributed by atoms with Crippen LogP contribution in [-0.4, -0.2) is 65.2 Å². The van der Waals surface area contributed by atoms with Crippen molar-refractivity contribution >= 4 is 17.4 Å². The van der Waals surface area contributed by atoms with Crippen LogP contribution >= 0.6 is 0 Å². The van der Waals surface area contributed by atoms with Crippen LogP contribution in [0, 0.1) is 0 Å². The van der Waals surface area contributed by atoms with E-state index in [0.717, 1.165) is 45.2 Å². The predicted octanol–water partition coefficient (Wildman–Crippen LogP) is 2.66. The molecule has 160 valence electrons. The van der Waals surface area contributed by atoms with Gasteiger partial charge in [-0.25, -0.2) is 15.0 Å². The number of carbonyl (C=O) groups is 1. The summed E-state index contributed by atoms with van der Waals surface area (Å²) in [5.41, 5.74) is 0.918. The van der Waals surface area contributed by atoms with E-state index in [9.17, 15) is 4.79 Å². The molecule has 2 N–H and O–H groups in total. The molecule has 1 aliphatic rings. The molecule has 1 fully saturated rings. The number of pyridine rings is 1. The fourth-order valence-corrected chi connectivity index (χ4v) is 3.02. The largest absolute Gasteiger partial charge is 0.424 e. The molecule has 0 spiro atoms. The summed E-state index contributed by atoms with van der Waals surface area (Å²) in [6.45, 7) is 5.24. The third kappa shape index (κ3) is 6.21. The van der Waals surface area contributed by atoms with Crippen molar-refractivity contribution in [3.8, 4) is 11.8 Å². The molecule has 2 aromatic heterocycles. The van der Waals surface area contributed by atoms with Crippen molar-refractivity contribution in [2.24, 2.45) is 0 Å². The molecule has 9 nitrogen and oxygen atoms in total. The molecule has 9 heteroatoms. The Kier molecular flexibility index (Phi) is 6.99. The van der Waals surface area contributed by atoms with E-state index in [0.29, 0.717) is 17.0 Å². The van der Waals surface area contributed by atoms with Gasteiger partial charge in [-0.15, -0.1) is 0 Å². The number of hydrogen-bond acceptors (Lipinski definition) is 8. The van der Waals surface area contributed by atoms with Gasteiger partial charge in [0, 0.05) is 38.6 Å². The van der Waals surface area contributed by atoms with Crippen LogP contribution in [0.4, 0.5) is 11.5 Å². The van der Waals surface area contributed by atoms with Gasteiger partial charge in [0.05, 0.1) is 30.7 Å². The number of nitrogens with one attached hydrogen (secondary N) is 2. The van der Waals surface area contributed by atoms with E-state index in [2.05, 4.69) is 30.5 Å². The summed E-state index contributed by atoms with van der Waals surface area (Å²) in [5, 5.41) is 6.08. The first kappa shape index (κ1) is 20.7. The third-order valence-electron chi connectivity index (χ3n) is 4.70. The highest BCUT2D eigenvalue weighted by Gasteiger charge is 2.11. The van der Waals surface area contributed by atoms with E-state index in [4.69, 9.17) is 9.47 Å². The van der Waals surface area contributed by atoms with Crippen molar-refractivity contribution in [2.45, 2.75) is 0 Å². The summed E-state index contributed by atoms with van der Waals surface area (Å²) in [4.78, 5) is 27.3. The lowest BCUT2D eigenvalue weighted by atomic mass is 10.3. The van der Waals surface area contributed by atoms with Gasteiger partial charge >= 0.3 is 6.01 Å². The molecule has 0 saturated carbocycles. The normalized spacial score (nSPS) is 14.1. The number of nitrogens with zero attached hydrogens (tertiary/aromatic N) is 4. The molecule has 1 aromatic carbocycles. The number of anilines is 2. The minimum absolute atomic E-state index is 0.178. The molecule has 0 unspecified atom stereocenters. The van der Waals surface area contributed by atoms with Crippen LogP contribution in [0.25, 0.3) is 0 Å². The number of carbonyl (C=O) groups excluding carboxylic acids is 1. The van der Waals surface area contributed by atoms with Gasteiger partial charge in [-0.1, -0.05) is 18.2 Å². The maximum atomic E-state index is 12.4. The summed E-state index contributed by atoms with van der Waals surface area (Å²) in [6, 6.07) is 13.0. The van der Waals surface area contributed by atoms with E-state index in [1.165, 1.54) is 12.4 Å². The average molecular weight is 420 g/mol. The lowest BCUT2D eigenvalue weighted by molar-refractivity contribution is 0.0398. The van der Waals surface area contributed by atoms with Crippen molar-refractivity contribution in [1.29, 1.82) is 0 Å². The molecule has 1 saturated heterocycles. The molecular weight excluding hydrogens is 396 g/mol. The van der Waals surface area contributed by atoms with Crippen molar-refractivity contribution in [3.63, 3.8) is 0 Å². The Bertz CT molecular complexity index is 961. The zero-order valence-corrected chi connectivity index (χ0v) is 17.0. The lowest BCUT2D eigenvalue weighted by Crippen LogP contribution is -2.39. The first-order valence-electron chi connectivity index (χ1n) is 10.1. The molecule has 0 aliphatic carbocycles. The molecule has 0 radical (unpaired) electrons. The zero-order chi connectivity index (χ0) is 21.3. The van der Waals surface area contributed by atoms with Crippen LogP contribution in [0.15, 0.2) is 61.1 Å². The minimum Gasteiger partial charge on any atom is -0.424 e. The van der Waals surface area contributed by atoms with Crippen LogP contribution in [0.5, 0.6) is 11.8 Å². The van der Waals surface area contributed by atoms with Gasteiger partial charge in [0.1, 0.15) is 11.6 Å². The summed E-state index contributed by atoms with van der Waals surface area (Å²) < 4.78 is 10.9. The number of rotatable bonds is 8.